The predicted molar refractivity (Wildman–Crippen MR) is 32.7 cm³/mol. The molecule has 3 aliphatic rings. The van der Waals surface area contributed by atoms with E-state index < -0.39 is 6.10 Å². The van der Waals surface area contributed by atoms with Crippen LogP contribution in [0.5, 0.6) is 0 Å². The summed E-state index contributed by atoms with van der Waals surface area (Å²) in [5, 5.41) is 9.42. The normalized spacial score (nSPS) is 58.6. The highest BCUT2D eigenvalue weighted by Crippen LogP contribution is 2.45. The molecule has 0 aromatic heterocycles. The number of hydrogen-bond acceptors (Lipinski definition) is 4. The van der Waals surface area contributed by atoms with Crippen molar-refractivity contribution in [1.29, 1.82) is 0 Å². The summed E-state index contributed by atoms with van der Waals surface area (Å²) in [6, 6.07) is 0. The fourth-order valence-corrected chi connectivity index (χ4v) is 2.26. The molecule has 4 heteroatoms. The van der Waals surface area contributed by atoms with Crippen LogP contribution in [0, 0.1) is 5.92 Å². The minimum atomic E-state index is -0.581. The average molecular weight is 156 g/mol. The van der Waals surface area contributed by atoms with Crippen LogP contribution < -0.4 is 0 Å². The van der Waals surface area contributed by atoms with Gasteiger partial charge in [0.15, 0.2) is 6.10 Å². The number of carbonyl (C=O) groups excluding carboxylic acids is 1. The van der Waals surface area contributed by atoms with E-state index >= 15 is 0 Å². The minimum Gasteiger partial charge on any atom is -0.456 e. The van der Waals surface area contributed by atoms with Crippen LogP contribution in [0.4, 0.5) is 0 Å². The van der Waals surface area contributed by atoms with Crippen LogP contribution in [0.15, 0.2) is 0 Å². The summed E-state index contributed by atoms with van der Waals surface area (Å²) in [5.41, 5.74) is 0. The lowest BCUT2D eigenvalue weighted by atomic mass is 9.88. The smallest absolute Gasteiger partial charge is 0.312 e. The first kappa shape index (κ1) is 5.97. The van der Waals surface area contributed by atoms with E-state index in [0.29, 0.717) is 6.42 Å². The second-order valence-electron chi connectivity index (χ2n) is 3.37. The molecule has 0 amide bonds. The highest BCUT2D eigenvalue weighted by molar-refractivity contribution is 5.77. The zero-order chi connectivity index (χ0) is 7.59. The van der Waals surface area contributed by atoms with Gasteiger partial charge in [0, 0.05) is 0 Å². The van der Waals surface area contributed by atoms with E-state index in [4.69, 9.17) is 9.47 Å². The predicted octanol–water partition coefficient (Wildman–Crippen LogP) is -0.940. The van der Waals surface area contributed by atoms with E-state index in [0.717, 1.165) is 0 Å². The largest absolute Gasteiger partial charge is 0.456 e. The van der Waals surface area contributed by atoms with Crippen LogP contribution in [-0.4, -0.2) is 35.5 Å². The van der Waals surface area contributed by atoms with E-state index in [1.54, 1.807) is 0 Å². The molecule has 60 valence electrons. The second-order valence-corrected chi connectivity index (χ2v) is 3.37. The molecule has 0 aromatic carbocycles. The molecule has 0 spiro atoms. The van der Waals surface area contributed by atoms with Crippen molar-refractivity contribution in [2.24, 2.45) is 5.92 Å². The van der Waals surface area contributed by atoms with E-state index in [1.807, 2.05) is 0 Å². The number of esters is 1. The molecule has 4 nitrogen and oxygen atoms in total. The van der Waals surface area contributed by atoms with Gasteiger partial charge in [-0.05, 0) is 6.42 Å². The molecule has 3 heterocycles. The maximum absolute atomic E-state index is 11.0. The van der Waals surface area contributed by atoms with Gasteiger partial charge < -0.3 is 14.6 Å². The fraction of sp³-hybridized carbons (Fsp3) is 0.857. The minimum absolute atomic E-state index is 0.0894. The lowest BCUT2D eigenvalue weighted by Crippen LogP contribution is -2.36. The number of fused-ring (bicyclic) bond motifs is 1. The van der Waals surface area contributed by atoms with E-state index in [-0.39, 0.29) is 30.2 Å². The molecule has 0 unspecified atom stereocenters. The van der Waals surface area contributed by atoms with Crippen molar-refractivity contribution in [3.63, 3.8) is 0 Å². The van der Waals surface area contributed by atoms with Crippen molar-refractivity contribution in [3.05, 3.63) is 0 Å². The quantitative estimate of drug-likeness (QED) is 0.460. The Balaban J connectivity index is 2.04. The van der Waals surface area contributed by atoms with Gasteiger partial charge in [-0.2, -0.15) is 0 Å². The van der Waals surface area contributed by atoms with Gasteiger partial charge in [-0.25, -0.2) is 0 Å². The van der Waals surface area contributed by atoms with E-state index in [2.05, 4.69) is 0 Å². The molecule has 3 rings (SSSR count). The average Bonchev–Trinajstić information content (AvgIpc) is 2.53. The maximum Gasteiger partial charge on any atom is 0.312 e. The summed E-state index contributed by atoms with van der Waals surface area (Å²) in [5.74, 6) is -0.285. The van der Waals surface area contributed by atoms with Crippen LogP contribution in [0.1, 0.15) is 6.42 Å². The van der Waals surface area contributed by atoms with E-state index in [9.17, 15) is 9.90 Å². The molecule has 0 aromatic rings. The molecule has 0 radical (unpaired) electrons. The molecule has 11 heavy (non-hydrogen) atoms. The highest BCUT2D eigenvalue weighted by atomic mass is 16.6. The Morgan fingerprint density at radius 1 is 1.45 bits per heavy atom. The number of rotatable bonds is 0. The zero-order valence-electron chi connectivity index (χ0n) is 5.77. The highest BCUT2D eigenvalue weighted by Gasteiger charge is 2.63. The molecule has 5 atom stereocenters. The lowest BCUT2D eigenvalue weighted by Gasteiger charge is -2.15. The first-order valence-corrected chi connectivity index (χ1v) is 3.81. The third-order valence-corrected chi connectivity index (χ3v) is 2.81. The molecule has 3 saturated heterocycles. The van der Waals surface area contributed by atoms with Gasteiger partial charge in [-0.15, -0.1) is 0 Å². The summed E-state index contributed by atoms with van der Waals surface area (Å²) in [7, 11) is 0. The van der Waals surface area contributed by atoms with Gasteiger partial charge in [0.25, 0.3) is 0 Å². The Hall–Kier alpha value is -0.610. The second kappa shape index (κ2) is 1.59. The summed E-state index contributed by atoms with van der Waals surface area (Å²) >= 11 is 0. The summed E-state index contributed by atoms with van der Waals surface area (Å²) in [4.78, 5) is 11.0. The van der Waals surface area contributed by atoms with Gasteiger partial charge in [0.2, 0.25) is 0 Å². The number of hydrogen-bond donors (Lipinski definition) is 1. The molecule has 0 aliphatic carbocycles. The molecular weight excluding hydrogens is 148 g/mol. The Morgan fingerprint density at radius 3 is 2.91 bits per heavy atom. The molecule has 2 bridgehead atoms. The molecule has 3 aliphatic heterocycles. The van der Waals surface area contributed by atoms with Crippen LogP contribution in [0.25, 0.3) is 0 Å². The standard InChI is InChI=1S/C7H8O4/c8-4-3-1-2-5(10-3)6(4)11-7(2)9/h2-6,8H,1H2/t2-,3-,4-,5+,6+/m0/s1. The first-order valence-electron chi connectivity index (χ1n) is 3.81. The molecule has 1 N–H and O–H groups in total. The van der Waals surface area contributed by atoms with Gasteiger partial charge in [-0.1, -0.05) is 0 Å². The van der Waals surface area contributed by atoms with Crippen LogP contribution in [0.2, 0.25) is 0 Å². The maximum atomic E-state index is 11.0. The van der Waals surface area contributed by atoms with E-state index in [1.165, 1.54) is 0 Å². The van der Waals surface area contributed by atoms with Crippen LogP contribution in [0.3, 0.4) is 0 Å². The topological polar surface area (TPSA) is 55.8 Å². The Kier molecular flexibility index (Phi) is 0.863. The monoisotopic (exact) mass is 156 g/mol. The Morgan fingerprint density at radius 2 is 2.27 bits per heavy atom. The summed E-state index contributed by atoms with van der Waals surface area (Å²) in [6.07, 6.45) is -0.612. The van der Waals surface area contributed by atoms with Crippen LogP contribution >= 0.6 is 0 Å². The number of aliphatic hydroxyl groups is 1. The van der Waals surface area contributed by atoms with Crippen molar-refractivity contribution in [2.75, 3.05) is 0 Å². The van der Waals surface area contributed by atoms with Crippen molar-refractivity contribution in [3.8, 4) is 0 Å². The summed E-state index contributed by atoms with van der Waals surface area (Å²) in [6.45, 7) is 0. The van der Waals surface area contributed by atoms with Gasteiger partial charge in [0.05, 0.1) is 12.0 Å². The molecular formula is C7H8O4. The fourth-order valence-electron chi connectivity index (χ4n) is 2.26. The lowest BCUT2D eigenvalue weighted by molar-refractivity contribution is -0.145. The van der Waals surface area contributed by atoms with Crippen molar-refractivity contribution < 1.29 is 19.4 Å². The van der Waals surface area contributed by atoms with Crippen molar-refractivity contribution >= 4 is 5.97 Å². The molecule has 0 saturated carbocycles. The Bertz CT molecular complexity index is 226. The SMILES string of the molecule is O=C1O[C@@H]2[C@@H](O)[C@@H]3C[C@H]1[C@H]2O3. The third-order valence-electron chi connectivity index (χ3n) is 2.81. The summed E-state index contributed by atoms with van der Waals surface area (Å²) < 4.78 is 10.3. The number of aliphatic hydroxyl groups excluding tert-OH is 1. The van der Waals surface area contributed by atoms with Crippen LogP contribution in [-0.2, 0) is 14.3 Å². The third kappa shape index (κ3) is 0.520. The van der Waals surface area contributed by atoms with Crippen molar-refractivity contribution in [2.45, 2.75) is 30.8 Å². The zero-order valence-corrected chi connectivity index (χ0v) is 5.77. The number of ether oxygens (including phenoxy) is 2. The van der Waals surface area contributed by atoms with Gasteiger partial charge in [0.1, 0.15) is 12.2 Å². The van der Waals surface area contributed by atoms with Gasteiger partial charge in [-0.3, -0.25) is 4.79 Å². The van der Waals surface area contributed by atoms with Crippen molar-refractivity contribution in [1.82, 2.24) is 0 Å². The Labute approximate surface area is 63.1 Å². The molecule has 3 fully saturated rings. The van der Waals surface area contributed by atoms with Gasteiger partial charge >= 0.3 is 5.97 Å². The number of carbonyl (C=O) groups is 1. The first-order chi connectivity index (χ1) is 5.27.